The molecule has 8 nitrogen and oxygen atoms in total. The van der Waals surface area contributed by atoms with Crippen molar-refractivity contribution in [1.82, 2.24) is 9.13 Å². The van der Waals surface area contributed by atoms with E-state index in [4.69, 9.17) is 0 Å². The van der Waals surface area contributed by atoms with Gasteiger partial charge in [-0.05, 0) is 44.2 Å². The number of sulfonamides is 1. The monoisotopic (exact) mass is 416 g/mol. The molecule has 154 valence electrons. The number of nitrogens with one attached hydrogen (secondary N) is 1. The number of aryl methyl sites for hydroxylation is 3. The smallest absolute Gasteiger partial charge is 0.324 e. The molecular formula is C20H24N4O4S. The molecule has 9 heteroatoms. The molecule has 1 heterocycles. The van der Waals surface area contributed by atoms with Gasteiger partial charge in [-0.15, -0.1) is 0 Å². The van der Waals surface area contributed by atoms with Crippen molar-refractivity contribution in [1.29, 1.82) is 0 Å². The Balaban J connectivity index is 1.92. The third kappa shape index (κ3) is 3.91. The summed E-state index contributed by atoms with van der Waals surface area (Å²) in [6, 6.07) is 11.1. The van der Waals surface area contributed by atoms with Crippen molar-refractivity contribution in [2.24, 2.45) is 14.1 Å². The van der Waals surface area contributed by atoms with E-state index in [0.29, 0.717) is 16.9 Å². The molecule has 3 aromatic rings. The highest BCUT2D eigenvalue weighted by Gasteiger charge is 2.29. The van der Waals surface area contributed by atoms with Crippen molar-refractivity contribution in [2.75, 3.05) is 15.9 Å². The number of fused-ring (bicyclic) bond motifs is 1. The molecule has 0 saturated heterocycles. The fourth-order valence-corrected chi connectivity index (χ4v) is 4.51. The second-order valence-electron chi connectivity index (χ2n) is 7.16. The summed E-state index contributed by atoms with van der Waals surface area (Å²) in [6.45, 7) is 3.44. The lowest BCUT2D eigenvalue weighted by atomic mass is 10.2. The van der Waals surface area contributed by atoms with E-state index in [0.717, 1.165) is 21.6 Å². The van der Waals surface area contributed by atoms with E-state index in [1.807, 2.05) is 6.92 Å². The van der Waals surface area contributed by atoms with Gasteiger partial charge < -0.3 is 5.32 Å². The number of rotatable bonds is 5. The fourth-order valence-electron chi connectivity index (χ4n) is 3.33. The molecule has 2 aromatic carbocycles. The highest BCUT2D eigenvalue weighted by Crippen LogP contribution is 2.23. The average molecular weight is 417 g/mol. The number of aromatic nitrogens is 2. The molecule has 0 fully saturated rings. The summed E-state index contributed by atoms with van der Waals surface area (Å²) in [5.41, 5.74) is 3.12. The van der Waals surface area contributed by atoms with Crippen molar-refractivity contribution < 1.29 is 13.2 Å². The van der Waals surface area contributed by atoms with Gasteiger partial charge in [0.1, 0.15) is 6.04 Å². The predicted octanol–water partition coefficient (Wildman–Crippen LogP) is 1.98. The third-order valence-electron chi connectivity index (χ3n) is 4.92. The van der Waals surface area contributed by atoms with Crippen molar-refractivity contribution >= 4 is 38.3 Å². The molecule has 0 bridgehead atoms. The van der Waals surface area contributed by atoms with Crippen LogP contribution >= 0.6 is 0 Å². The Labute approximate surface area is 169 Å². The van der Waals surface area contributed by atoms with Crippen LogP contribution in [0.25, 0.3) is 11.0 Å². The maximum absolute atomic E-state index is 12.8. The summed E-state index contributed by atoms with van der Waals surface area (Å²) >= 11 is 0. The minimum atomic E-state index is -3.69. The molecule has 1 N–H and O–H groups in total. The molecule has 3 rings (SSSR count). The lowest BCUT2D eigenvalue weighted by molar-refractivity contribution is -0.116. The number of carbonyl (C=O) groups is 1. The molecule has 29 heavy (non-hydrogen) atoms. The Kier molecular flexibility index (Phi) is 5.27. The summed E-state index contributed by atoms with van der Waals surface area (Å²) in [4.78, 5) is 24.9. The van der Waals surface area contributed by atoms with Gasteiger partial charge >= 0.3 is 5.69 Å². The summed E-state index contributed by atoms with van der Waals surface area (Å²) < 4.78 is 28.9. The number of imidazole rings is 1. The Hall–Kier alpha value is -3.07. The van der Waals surface area contributed by atoms with Crippen LogP contribution in [0.2, 0.25) is 0 Å². The largest absolute Gasteiger partial charge is 0.328 e. The van der Waals surface area contributed by atoms with E-state index in [9.17, 15) is 18.0 Å². The van der Waals surface area contributed by atoms with Gasteiger partial charge in [0.25, 0.3) is 0 Å². The van der Waals surface area contributed by atoms with Gasteiger partial charge in [-0.25, -0.2) is 13.2 Å². The molecule has 0 radical (unpaired) electrons. The molecule has 0 saturated carbocycles. The quantitative estimate of drug-likeness (QED) is 0.688. The number of hydrogen-bond acceptors (Lipinski definition) is 4. The Morgan fingerprint density at radius 1 is 1.03 bits per heavy atom. The highest BCUT2D eigenvalue weighted by molar-refractivity contribution is 7.92. The van der Waals surface area contributed by atoms with E-state index < -0.39 is 22.0 Å². The fraction of sp³-hybridized carbons (Fsp3) is 0.300. The normalized spacial score (nSPS) is 12.7. The van der Waals surface area contributed by atoms with Gasteiger partial charge in [0.05, 0.1) is 23.0 Å². The zero-order valence-corrected chi connectivity index (χ0v) is 17.8. The molecule has 0 aliphatic carbocycles. The van der Waals surface area contributed by atoms with Crippen LogP contribution in [0.3, 0.4) is 0 Å². The summed E-state index contributed by atoms with van der Waals surface area (Å²) in [5.74, 6) is -0.476. The van der Waals surface area contributed by atoms with Gasteiger partial charge in [-0.1, -0.05) is 17.7 Å². The Bertz CT molecular complexity index is 1240. The maximum atomic E-state index is 12.8. The van der Waals surface area contributed by atoms with Gasteiger partial charge in [-0.2, -0.15) is 0 Å². The number of hydrogen-bond donors (Lipinski definition) is 1. The standard InChI is InChI=1S/C20H24N4O4S/c1-13-6-9-16(10-7-13)24(29(5,27)28)14(2)19(25)21-15-8-11-17-18(12-15)23(4)20(26)22(17)3/h6-12,14H,1-5H3,(H,21,25)/t14-/m0/s1. The van der Waals surface area contributed by atoms with Gasteiger partial charge in [0, 0.05) is 19.8 Å². The topological polar surface area (TPSA) is 93.4 Å². The Morgan fingerprint density at radius 2 is 1.62 bits per heavy atom. The van der Waals surface area contributed by atoms with Gasteiger partial charge in [0.15, 0.2) is 0 Å². The van der Waals surface area contributed by atoms with Gasteiger partial charge in [-0.3, -0.25) is 18.2 Å². The zero-order chi connectivity index (χ0) is 21.5. The average Bonchev–Trinajstić information content (AvgIpc) is 2.86. The predicted molar refractivity (Wildman–Crippen MR) is 115 cm³/mol. The van der Waals surface area contributed by atoms with E-state index in [-0.39, 0.29) is 5.69 Å². The van der Waals surface area contributed by atoms with Crippen molar-refractivity contribution in [3.05, 3.63) is 58.5 Å². The molecule has 1 atom stereocenters. The molecular weight excluding hydrogens is 392 g/mol. The van der Waals surface area contributed by atoms with Crippen molar-refractivity contribution in [3.63, 3.8) is 0 Å². The molecule has 1 amide bonds. The number of carbonyl (C=O) groups excluding carboxylic acids is 1. The molecule has 0 unspecified atom stereocenters. The first-order chi connectivity index (χ1) is 13.5. The summed E-state index contributed by atoms with van der Waals surface area (Å²) in [7, 11) is -0.356. The first-order valence-electron chi connectivity index (χ1n) is 9.03. The van der Waals surface area contributed by atoms with E-state index in [1.54, 1.807) is 56.6 Å². The van der Waals surface area contributed by atoms with Crippen LogP contribution in [0.15, 0.2) is 47.3 Å². The van der Waals surface area contributed by atoms with Crippen molar-refractivity contribution in [3.8, 4) is 0 Å². The summed E-state index contributed by atoms with van der Waals surface area (Å²) in [5, 5.41) is 2.75. The van der Waals surface area contributed by atoms with Crippen molar-refractivity contribution in [2.45, 2.75) is 19.9 Å². The van der Waals surface area contributed by atoms with E-state index >= 15 is 0 Å². The lowest BCUT2D eigenvalue weighted by Gasteiger charge is -2.28. The van der Waals surface area contributed by atoms with E-state index in [2.05, 4.69) is 5.32 Å². The second-order valence-corrected chi connectivity index (χ2v) is 9.02. The van der Waals surface area contributed by atoms with Crippen LogP contribution < -0.4 is 15.3 Å². The molecule has 0 aliphatic heterocycles. The number of benzene rings is 2. The first-order valence-corrected chi connectivity index (χ1v) is 10.9. The van der Waals surface area contributed by atoms with Crippen LogP contribution in [0.5, 0.6) is 0 Å². The maximum Gasteiger partial charge on any atom is 0.328 e. The number of amides is 1. The molecule has 1 aromatic heterocycles. The van der Waals surface area contributed by atoms with E-state index in [1.165, 1.54) is 16.1 Å². The lowest BCUT2D eigenvalue weighted by Crippen LogP contribution is -2.45. The van der Waals surface area contributed by atoms with Gasteiger partial charge in [0.2, 0.25) is 15.9 Å². The second kappa shape index (κ2) is 7.40. The highest BCUT2D eigenvalue weighted by atomic mass is 32.2. The molecule has 0 aliphatic rings. The third-order valence-corrected chi connectivity index (χ3v) is 6.16. The number of anilines is 2. The minimum Gasteiger partial charge on any atom is -0.324 e. The zero-order valence-electron chi connectivity index (χ0n) is 17.0. The first kappa shape index (κ1) is 20.7. The molecule has 0 spiro atoms. The Morgan fingerprint density at radius 3 is 2.21 bits per heavy atom. The minimum absolute atomic E-state index is 0.167. The van der Waals surface area contributed by atoms with Crippen LogP contribution in [0, 0.1) is 6.92 Å². The van der Waals surface area contributed by atoms with Crippen LogP contribution in [-0.4, -0.2) is 35.8 Å². The van der Waals surface area contributed by atoms with Crippen LogP contribution in [0.1, 0.15) is 12.5 Å². The number of nitrogens with zero attached hydrogens (tertiary/aromatic N) is 3. The summed E-state index contributed by atoms with van der Waals surface area (Å²) in [6.07, 6.45) is 1.07. The SMILES string of the molecule is Cc1ccc(N([C@@H](C)C(=O)Nc2ccc3c(c2)n(C)c(=O)n3C)S(C)(=O)=O)cc1. The van der Waals surface area contributed by atoms with Crippen LogP contribution in [-0.2, 0) is 28.9 Å². The van der Waals surface area contributed by atoms with Crippen LogP contribution in [0.4, 0.5) is 11.4 Å².